The molecule has 0 fully saturated rings. The molecule has 1 heterocycles. The Kier molecular flexibility index (Phi) is 6.53. The number of ether oxygens (including phenoxy) is 2. The standard InChI is InChI=1S/C23H25ClN4O2/c1-5-19-16(12-25)23(15-10-18(26)22(29-6-2)11-20(15)28-19)27-14-7-8-21(17(24)9-14)30-13(3)4/h7-11,13H,5-6,26H2,1-4H3,(H,27,28). The molecule has 0 aliphatic rings. The van der Waals surface area contributed by atoms with Crippen LogP contribution in [0.4, 0.5) is 17.1 Å². The third kappa shape index (κ3) is 4.37. The van der Waals surface area contributed by atoms with Crippen molar-refractivity contribution in [3.05, 3.63) is 46.6 Å². The Bertz CT molecular complexity index is 1120. The Hall–Kier alpha value is -3.17. The summed E-state index contributed by atoms with van der Waals surface area (Å²) in [7, 11) is 0. The lowest BCUT2D eigenvalue weighted by Crippen LogP contribution is -2.06. The molecule has 2 aromatic carbocycles. The fraction of sp³-hybridized carbons (Fsp3) is 0.304. The number of nitrogen functional groups attached to an aromatic ring is 1. The van der Waals surface area contributed by atoms with Crippen LogP contribution in [-0.4, -0.2) is 17.7 Å². The van der Waals surface area contributed by atoms with Crippen LogP contribution in [0.3, 0.4) is 0 Å². The van der Waals surface area contributed by atoms with Crippen molar-refractivity contribution < 1.29 is 9.47 Å². The molecule has 0 bridgehead atoms. The topological polar surface area (TPSA) is 93.2 Å². The Morgan fingerprint density at radius 3 is 2.57 bits per heavy atom. The molecule has 6 nitrogen and oxygen atoms in total. The van der Waals surface area contributed by atoms with Gasteiger partial charge in [-0.1, -0.05) is 18.5 Å². The van der Waals surface area contributed by atoms with E-state index < -0.39 is 0 Å². The van der Waals surface area contributed by atoms with Crippen LogP contribution in [0.15, 0.2) is 30.3 Å². The first-order valence-corrected chi connectivity index (χ1v) is 10.3. The fourth-order valence-electron chi connectivity index (χ4n) is 3.22. The van der Waals surface area contributed by atoms with E-state index in [1.54, 1.807) is 12.1 Å². The van der Waals surface area contributed by atoms with Crippen molar-refractivity contribution >= 4 is 39.6 Å². The average Bonchev–Trinajstić information content (AvgIpc) is 2.70. The molecule has 1 aromatic heterocycles. The summed E-state index contributed by atoms with van der Waals surface area (Å²) in [6, 6.07) is 11.3. The number of nitriles is 1. The van der Waals surface area contributed by atoms with Crippen molar-refractivity contribution in [2.45, 2.75) is 40.2 Å². The first-order valence-electron chi connectivity index (χ1n) is 9.90. The molecule has 30 heavy (non-hydrogen) atoms. The number of hydrogen-bond donors (Lipinski definition) is 2. The Balaban J connectivity index is 2.15. The predicted octanol–water partition coefficient (Wildman–Crippen LogP) is 5.83. The smallest absolute Gasteiger partial charge is 0.144 e. The van der Waals surface area contributed by atoms with Gasteiger partial charge in [0.1, 0.15) is 17.6 Å². The van der Waals surface area contributed by atoms with Crippen molar-refractivity contribution in [2.24, 2.45) is 0 Å². The lowest BCUT2D eigenvalue weighted by molar-refractivity contribution is 0.242. The Morgan fingerprint density at radius 2 is 1.97 bits per heavy atom. The van der Waals surface area contributed by atoms with Gasteiger partial charge in [0.15, 0.2) is 0 Å². The van der Waals surface area contributed by atoms with Gasteiger partial charge in [-0.25, -0.2) is 0 Å². The minimum absolute atomic E-state index is 0.0188. The van der Waals surface area contributed by atoms with E-state index in [4.69, 9.17) is 26.8 Å². The number of rotatable bonds is 7. The predicted molar refractivity (Wildman–Crippen MR) is 122 cm³/mol. The number of pyridine rings is 1. The van der Waals surface area contributed by atoms with Crippen LogP contribution in [0.2, 0.25) is 5.02 Å². The first kappa shape index (κ1) is 21.5. The quantitative estimate of drug-likeness (QED) is 0.463. The van der Waals surface area contributed by atoms with Gasteiger partial charge in [-0.15, -0.1) is 0 Å². The molecule has 0 amide bonds. The SMILES string of the molecule is CCOc1cc2nc(CC)c(C#N)c(Nc3ccc(OC(C)C)c(Cl)c3)c2cc1N. The van der Waals surface area contributed by atoms with Crippen molar-refractivity contribution in [3.63, 3.8) is 0 Å². The molecule has 3 N–H and O–H groups in total. The lowest BCUT2D eigenvalue weighted by atomic mass is 10.0. The molecular weight excluding hydrogens is 400 g/mol. The monoisotopic (exact) mass is 424 g/mol. The first-order chi connectivity index (χ1) is 14.4. The zero-order valence-electron chi connectivity index (χ0n) is 17.5. The number of nitrogens with two attached hydrogens (primary N) is 1. The fourth-order valence-corrected chi connectivity index (χ4v) is 3.44. The summed E-state index contributed by atoms with van der Waals surface area (Å²) < 4.78 is 11.3. The highest BCUT2D eigenvalue weighted by Gasteiger charge is 2.17. The van der Waals surface area contributed by atoms with Crippen LogP contribution < -0.4 is 20.5 Å². The lowest BCUT2D eigenvalue weighted by Gasteiger charge is -2.17. The second-order valence-electron chi connectivity index (χ2n) is 7.05. The van der Waals surface area contributed by atoms with E-state index in [-0.39, 0.29) is 6.10 Å². The number of anilines is 3. The van der Waals surface area contributed by atoms with Gasteiger partial charge < -0.3 is 20.5 Å². The second-order valence-corrected chi connectivity index (χ2v) is 7.46. The number of benzene rings is 2. The van der Waals surface area contributed by atoms with Crippen molar-refractivity contribution in [1.82, 2.24) is 4.98 Å². The van der Waals surface area contributed by atoms with Crippen LogP contribution in [0.1, 0.15) is 39.0 Å². The molecular formula is C23H25ClN4O2. The van der Waals surface area contributed by atoms with E-state index in [1.807, 2.05) is 45.9 Å². The maximum atomic E-state index is 9.84. The number of aryl methyl sites for hydroxylation is 1. The molecule has 0 unspecified atom stereocenters. The zero-order valence-corrected chi connectivity index (χ0v) is 18.3. The molecule has 0 spiro atoms. The summed E-state index contributed by atoms with van der Waals surface area (Å²) in [5, 5.41) is 14.4. The summed E-state index contributed by atoms with van der Waals surface area (Å²) in [5.41, 5.74) is 9.93. The Labute approximate surface area is 181 Å². The molecule has 3 aromatic rings. The van der Waals surface area contributed by atoms with Gasteiger partial charge in [0.25, 0.3) is 0 Å². The largest absolute Gasteiger partial charge is 0.492 e. The van der Waals surface area contributed by atoms with E-state index >= 15 is 0 Å². The van der Waals surface area contributed by atoms with Crippen LogP contribution in [0, 0.1) is 11.3 Å². The van der Waals surface area contributed by atoms with Crippen LogP contribution in [-0.2, 0) is 6.42 Å². The molecule has 7 heteroatoms. The van der Waals surface area contributed by atoms with E-state index in [0.717, 1.165) is 11.1 Å². The van der Waals surface area contributed by atoms with E-state index in [0.29, 0.717) is 57.7 Å². The van der Waals surface area contributed by atoms with E-state index in [1.165, 1.54) is 0 Å². The maximum absolute atomic E-state index is 9.84. The van der Waals surface area contributed by atoms with Gasteiger partial charge in [-0.05, 0) is 51.5 Å². The zero-order chi connectivity index (χ0) is 21.8. The number of nitrogens with zero attached hydrogens (tertiary/aromatic N) is 2. The highest BCUT2D eigenvalue weighted by atomic mass is 35.5. The highest BCUT2D eigenvalue weighted by Crippen LogP contribution is 2.37. The molecule has 0 aliphatic carbocycles. The molecule has 0 atom stereocenters. The van der Waals surface area contributed by atoms with E-state index in [2.05, 4.69) is 16.4 Å². The summed E-state index contributed by atoms with van der Waals surface area (Å²) in [5.74, 6) is 1.19. The minimum Gasteiger partial charge on any atom is -0.492 e. The molecule has 156 valence electrons. The number of halogens is 1. The Morgan fingerprint density at radius 1 is 1.20 bits per heavy atom. The average molecular weight is 425 g/mol. The normalized spacial score (nSPS) is 10.8. The van der Waals surface area contributed by atoms with Crippen LogP contribution in [0.5, 0.6) is 11.5 Å². The maximum Gasteiger partial charge on any atom is 0.144 e. The van der Waals surface area contributed by atoms with Gasteiger partial charge >= 0.3 is 0 Å². The van der Waals surface area contributed by atoms with Crippen LogP contribution >= 0.6 is 11.6 Å². The number of fused-ring (bicyclic) bond motifs is 1. The molecule has 0 radical (unpaired) electrons. The number of nitrogens with one attached hydrogen (secondary N) is 1. The molecule has 0 aliphatic heterocycles. The van der Waals surface area contributed by atoms with Crippen molar-refractivity contribution in [3.8, 4) is 17.6 Å². The minimum atomic E-state index is 0.0188. The summed E-state index contributed by atoms with van der Waals surface area (Å²) in [6.45, 7) is 8.25. The van der Waals surface area contributed by atoms with Crippen LogP contribution in [0.25, 0.3) is 10.9 Å². The van der Waals surface area contributed by atoms with Gasteiger partial charge in [0.2, 0.25) is 0 Å². The van der Waals surface area contributed by atoms with Crippen molar-refractivity contribution in [2.75, 3.05) is 17.7 Å². The van der Waals surface area contributed by atoms with Crippen molar-refractivity contribution in [1.29, 1.82) is 5.26 Å². The van der Waals surface area contributed by atoms with Gasteiger partial charge in [0.05, 0.1) is 45.9 Å². The summed E-state index contributed by atoms with van der Waals surface area (Å²) >= 11 is 6.39. The third-order valence-corrected chi connectivity index (χ3v) is 4.80. The number of aromatic nitrogens is 1. The van der Waals surface area contributed by atoms with Gasteiger partial charge in [-0.2, -0.15) is 5.26 Å². The number of hydrogen-bond acceptors (Lipinski definition) is 6. The molecule has 0 saturated heterocycles. The van der Waals surface area contributed by atoms with E-state index in [9.17, 15) is 5.26 Å². The summed E-state index contributed by atoms with van der Waals surface area (Å²) in [6.07, 6.45) is 0.634. The summed E-state index contributed by atoms with van der Waals surface area (Å²) in [4.78, 5) is 4.67. The molecule has 3 rings (SSSR count). The second kappa shape index (κ2) is 9.10. The third-order valence-electron chi connectivity index (χ3n) is 4.50. The molecule has 0 saturated carbocycles. The van der Waals surface area contributed by atoms with Gasteiger partial charge in [-0.3, -0.25) is 4.98 Å². The highest BCUT2D eigenvalue weighted by molar-refractivity contribution is 6.32. The van der Waals surface area contributed by atoms with Gasteiger partial charge in [0, 0.05) is 17.1 Å².